The van der Waals surface area contributed by atoms with E-state index in [0.717, 1.165) is 11.1 Å². The highest BCUT2D eigenvalue weighted by Crippen LogP contribution is 2.38. The number of hydrogen-bond acceptors (Lipinski definition) is 3. The molecular formula is C11H13BrO3. The SMILES string of the molecule is COc1cc(C)c(CC(C)=O)c(Br)c1O. The number of ketones is 1. The second kappa shape index (κ2) is 4.66. The van der Waals surface area contributed by atoms with Crippen LogP contribution in [-0.2, 0) is 11.2 Å². The van der Waals surface area contributed by atoms with Crippen LogP contribution in [0.5, 0.6) is 11.5 Å². The number of rotatable bonds is 3. The molecule has 0 aliphatic rings. The van der Waals surface area contributed by atoms with E-state index >= 15 is 0 Å². The van der Waals surface area contributed by atoms with Gasteiger partial charge in [-0.1, -0.05) is 0 Å². The van der Waals surface area contributed by atoms with Crippen molar-refractivity contribution in [3.05, 3.63) is 21.7 Å². The van der Waals surface area contributed by atoms with Crippen LogP contribution in [0.25, 0.3) is 0 Å². The summed E-state index contributed by atoms with van der Waals surface area (Å²) < 4.78 is 5.54. The predicted octanol–water partition coefficient (Wildman–Crippen LogP) is 2.60. The number of ether oxygens (including phenoxy) is 1. The fraction of sp³-hybridized carbons (Fsp3) is 0.364. The highest BCUT2D eigenvalue weighted by atomic mass is 79.9. The normalized spacial score (nSPS) is 10.1. The third-order valence-electron chi connectivity index (χ3n) is 2.18. The summed E-state index contributed by atoms with van der Waals surface area (Å²) in [4.78, 5) is 11.0. The fourth-order valence-electron chi connectivity index (χ4n) is 1.40. The van der Waals surface area contributed by atoms with Gasteiger partial charge in [0.25, 0.3) is 0 Å². The van der Waals surface area contributed by atoms with E-state index in [0.29, 0.717) is 16.6 Å². The summed E-state index contributed by atoms with van der Waals surface area (Å²) in [5, 5.41) is 9.73. The second-order valence-electron chi connectivity index (χ2n) is 3.42. The Hall–Kier alpha value is -1.03. The van der Waals surface area contributed by atoms with Crippen LogP contribution in [0.2, 0.25) is 0 Å². The minimum Gasteiger partial charge on any atom is -0.503 e. The first-order chi connectivity index (χ1) is 6.97. The number of halogens is 1. The van der Waals surface area contributed by atoms with E-state index in [1.54, 1.807) is 6.07 Å². The monoisotopic (exact) mass is 272 g/mol. The molecule has 1 aromatic carbocycles. The average molecular weight is 273 g/mol. The van der Waals surface area contributed by atoms with Crippen LogP contribution in [0.1, 0.15) is 18.1 Å². The third kappa shape index (κ3) is 2.50. The van der Waals surface area contributed by atoms with Crippen molar-refractivity contribution in [1.82, 2.24) is 0 Å². The van der Waals surface area contributed by atoms with Gasteiger partial charge in [0.1, 0.15) is 5.78 Å². The van der Waals surface area contributed by atoms with Gasteiger partial charge >= 0.3 is 0 Å². The first-order valence-corrected chi connectivity index (χ1v) is 5.31. The highest BCUT2D eigenvalue weighted by molar-refractivity contribution is 9.10. The molecule has 0 spiro atoms. The van der Waals surface area contributed by atoms with Gasteiger partial charge in [-0.15, -0.1) is 0 Å². The fourth-order valence-corrected chi connectivity index (χ4v) is 2.05. The molecule has 0 unspecified atom stereocenters. The second-order valence-corrected chi connectivity index (χ2v) is 4.21. The van der Waals surface area contributed by atoms with Gasteiger partial charge < -0.3 is 9.84 Å². The molecule has 0 bridgehead atoms. The zero-order chi connectivity index (χ0) is 11.6. The van der Waals surface area contributed by atoms with Crippen LogP contribution in [0.4, 0.5) is 0 Å². The molecule has 0 saturated heterocycles. The van der Waals surface area contributed by atoms with Crippen LogP contribution in [-0.4, -0.2) is 18.0 Å². The maximum absolute atomic E-state index is 11.0. The number of phenols is 1. The number of carbonyl (C=O) groups excluding carboxylic acids is 1. The molecule has 15 heavy (non-hydrogen) atoms. The van der Waals surface area contributed by atoms with Gasteiger partial charge in [-0.2, -0.15) is 0 Å². The van der Waals surface area contributed by atoms with E-state index < -0.39 is 0 Å². The Labute approximate surface area is 97.2 Å². The molecule has 0 heterocycles. The lowest BCUT2D eigenvalue weighted by Crippen LogP contribution is -2.01. The summed E-state index contributed by atoms with van der Waals surface area (Å²) in [6.45, 7) is 3.40. The number of hydrogen-bond donors (Lipinski definition) is 1. The van der Waals surface area contributed by atoms with Gasteiger partial charge in [-0.3, -0.25) is 4.79 Å². The summed E-state index contributed by atoms with van der Waals surface area (Å²) in [5.41, 5.74) is 1.73. The molecule has 0 atom stereocenters. The zero-order valence-corrected chi connectivity index (χ0v) is 10.5. The van der Waals surface area contributed by atoms with Crippen molar-refractivity contribution in [1.29, 1.82) is 0 Å². The zero-order valence-electron chi connectivity index (χ0n) is 8.93. The van der Waals surface area contributed by atoms with Crippen molar-refractivity contribution in [3.63, 3.8) is 0 Å². The number of methoxy groups -OCH3 is 1. The molecule has 0 aliphatic heterocycles. The van der Waals surface area contributed by atoms with Crippen LogP contribution >= 0.6 is 15.9 Å². The number of phenolic OH excluding ortho intramolecular Hbond substituents is 1. The number of aromatic hydroxyl groups is 1. The van der Waals surface area contributed by atoms with Crippen LogP contribution < -0.4 is 4.74 Å². The summed E-state index contributed by atoms with van der Waals surface area (Å²) in [6, 6.07) is 1.72. The lowest BCUT2D eigenvalue weighted by Gasteiger charge is -2.12. The number of carbonyl (C=O) groups is 1. The summed E-state index contributed by atoms with van der Waals surface area (Å²) in [7, 11) is 1.49. The molecule has 0 amide bonds. The summed E-state index contributed by atoms with van der Waals surface area (Å²) in [6.07, 6.45) is 0.309. The van der Waals surface area contributed by atoms with Crippen LogP contribution in [0.3, 0.4) is 0 Å². The quantitative estimate of drug-likeness (QED) is 0.920. The Morgan fingerprint density at radius 1 is 1.60 bits per heavy atom. The number of Topliss-reactive ketones (excluding diaryl/α,β-unsaturated/α-hetero) is 1. The Kier molecular flexibility index (Phi) is 3.74. The molecule has 0 saturated carbocycles. The van der Waals surface area contributed by atoms with Crippen molar-refractivity contribution in [3.8, 4) is 11.5 Å². The Morgan fingerprint density at radius 3 is 2.67 bits per heavy atom. The lowest BCUT2D eigenvalue weighted by molar-refractivity contribution is -0.116. The third-order valence-corrected chi connectivity index (χ3v) is 3.03. The Bertz CT molecular complexity index is 399. The van der Waals surface area contributed by atoms with Gasteiger partial charge in [0.2, 0.25) is 0 Å². The minimum atomic E-state index is 0.0411. The molecule has 1 rings (SSSR count). The molecule has 4 heteroatoms. The van der Waals surface area contributed by atoms with Gasteiger partial charge in [0.05, 0.1) is 11.6 Å². The summed E-state index contributed by atoms with van der Waals surface area (Å²) in [5.74, 6) is 0.509. The van der Waals surface area contributed by atoms with Crippen molar-refractivity contribution >= 4 is 21.7 Å². The maximum Gasteiger partial charge on any atom is 0.172 e. The first-order valence-electron chi connectivity index (χ1n) is 4.51. The van der Waals surface area contributed by atoms with Crippen LogP contribution in [0, 0.1) is 6.92 Å². The van der Waals surface area contributed by atoms with Gasteiger partial charge in [-0.05, 0) is 47.0 Å². The highest BCUT2D eigenvalue weighted by Gasteiger charge is 2.15. The maximum atomic E-state index is 11.0. The van der Waals surface area contributed by atoms with E-state index in [4.69, 9.17) is 4.74 Å². The number of aryl methyl sites for hydroxylation is 1. The van der Waals surface area contributed by atoms with Crippen molar-refractivity contribution in [2.45, 2.75) is 20.3 Å². The van der Waals surface area contributed by atoms with Gasteiger partial charge in [0.15, 0.2) is 11.5 Å². The molecule has 0 aromatic heterocycles. The predicted molar refractivity (Wildman–Crippen MR) is 61.5 cm³/mol. The molecular weight excluding hydrogens is 260 g/mol. The Morgan fingerprint density at radius 2 is 2.20 bits per heavy atom. The topological polar surface area (TPSA) is 46.5 Å². The smallest absolute Gasteiger partial charge is 0.172 e. The van der Waals surface area contributed by atoms with E-state index in [2.05, 4.69) is 15.9 Å². The molecule has 0 fully saturated rings. The molecule has 3 nitrogen and oxygen atoms in total. The molecule has 0 aliphatic carbocycles. The summed E-state index contributed by atoms with van der Waals surface area (Å²) >= 11 is 3.27. The van der Waals surface area contributed by atoms with E-state index in [9.17, 15) is 9.90 Å². The molecule has 0 radical (unpaired) electrons. The van der Waals surface area contributed by atoms with E-state index in [-0.39, 0.29) is 11.5 Å². The first kappa shape index (κ1) is 12.0. The van der Waals surface area contributed by atoms with Gasteiger partial charge in [-0.25, -0.2) is 0 Å². The molecule has 1 aromatic rings. The standard InChI is InChI=1S/C11H13BrO3/c1-6-4-9(15-3)11(14)10(12)8(6)5-7(2)13/h4,14H,5H2,1-3H3. The van der Waals surface area contributed by atoms with E-state index in [1.165, 1.54) is 14.0 Å². The average Bonchev–Trinajstić information content (AvgIpc) is 2.18. The lowest BCUT2D eigenvalue weighted by atomic mass is 10.0. The minimum absolute atomic E-state index is 0.0411. The van der Waals surface area contributed by atoms with Crippen molar-refractivity contribution < 1.29 is 14.6 Å². The van der Waals surface area contributed by atoms with E-state index in [1.807, 2.05) is 6.92 Å². The van der Waals surface area contributed by atoms with Crippen molar-refractivity contribution in [2.75, 3.05) is 7.11 Å². The Balaban J connectivity index is 3.29. The number of benzene rings is 1. The van der Waals surface area contributed by atoms with Crippen LogP contribution in [0.15, 0.2) is 10.5 Å². The molecule has 1 N–H and O–H groups in total. The van der Waals surface area contributed by atoms with Gasteiger partial charge in [0, 0.05) is 6.42 Å². The largest absolute Gasteiger partial charge is 0.503 e. The molecule has 82 valence electrons. The van der Waals surface area contributed by atoms with Crippen molar-refractivity contribution in [2.24, 2.45) is 0 Å².